The molecule has 5 heteroatoms. The number of amides is 1. The van der Waals surface area contributed by atoms with Crippen LogP contribution in [0.25, 0.3) is 0 Å². The lowest BCUT2D eigenvalue weighted by Gasteiger charge is -2.32. The summed E-state index contributed by atoms with van der Waals surface area (Å²) in [6.07, 6.45) is 3.88. The molecular formula is C21H23F2NO2. The van der Waals surface area contributed by atoms with Crippen LogP contribution in [0.2, 0.25) is 0 Å². The molecule has 0 N–H and O–H groups in total. The first-order valence-electron chi connectivity index (χ1n) is 8.94. The zero-order valence-electron chi connectivity index (χ0n) is 14.9. The van der Waals surface area contributed by atoms with Gasteiger partial charge in [-0.1, -0.05) is 12.1 Å². The molecule has 0 radical (unpaired) electrons. The van der Waals surface area contributed by atoms with E-state index in [0.717, 1.165) is 43.6 Å². The van der Waals surface area contributed by atoms with E-state index in [2.05, 4.69) is 12.1 Å². The lowest BCUT2D eigenvalue weighted by atomic mass is 9.90. The van der Waals surface area contributed by atoms with Gasteiger partial charge in [-0.15, -0.1) is 0 Å². The van der Waals surface area contributed by atoms with Crippen LogP contribution in [0.15, 0.2) is 42.5 Å². The number of benzene rings is 2. The molecule has 1 aliphatic heterocycles. The van der Waals surface area contributed by atoms with Crippen molar-refractivity contribution < 1.29 is 18.3 Å². The van der Waals surface area contributed by atoms with Crippen LogP contribution in [0.5, 0.6) is 5.75 Å². The van der Waals surface area contributed by atoms with E-state index in [1.54, 1.807) is 12.0 Å². The van der Waals surface area contributed by atoms with Crippen molar-refractivity contribution in [1.29, 1.82) is 0 Å². The summed E-state index contributed by atoms with van der Waals surface area (Å²) in [5, 5.41) is 0. The number of hydrogen-bond acceptors (Lipinski definition) is 2. The second-order valence-electron chi connectivity index (χ2n) is 6.75. The second-order valence-corrected chi connectivity index (χ2v) is 6.75. The number of carbonyl (C=O) groups excluding carboxylic acids is 1. The van der Waals surface area contributed by atoms with Gasteiger partial charge in [-0.25, -0.2) is 8.78 Å². The molecule has 0 unspecified atom stereocenters. The molecule has 2 aromatic rings. The maximum atomic E-state index is 13.8. The van der Waals surface area contributed by atoms with Gasteiger partial charge in [0, 0.05) is 19.2 Å². The van der Waals surface area contributed by atoms with E-state index in [4.69, 9.17) is 4.74 Å². The Labute approximate surface area is 152 Å². The average molecular weight is 359 g/mol. The van der Waals surface area contributed by atoms with Crippen LogP contribution in [-0.2, 0) is 6.42 Å². The topological polar surface area (TPSA) is 29.5 Å². The molecule has 0 bridgehead atoms. The van der Waals surface area contributed by atoms with Crippen molar-refractivity contribution in [1.82, 2.24) is 4.90 Å². The van der Waals surface area contributed by atoms with Crippen LogP contribution in [0.4, 0.5) is 8.78 Å². The molecule has 0 aliphatic carbocycles. The molecule has 1 amide bonds. The predicted molar refractivity (Wildman–Crippen MR) is 96.3 cm³/mol. The van der Waals surface area contributed by atoms with E-state index in [1.807, 2.05) is 12.1 Å². The van der Waals surface area contributed by atoms with Crippen molar-refractivity contribution in [3.8, 4) is 5.75 Å². The fraction of sp³-hybridized carbons (Fsp3) is 0.381. The molecule has 26 heavy (non-hydrogen) atoms. The van der Waals surface area contributed by atoms with E-state index in [1.165, 1.54) is 11.6 Å². The highest BCUT2D eigenvalue weighted by atomic mass is 19.1. The Kier molecular flexibility index (Phi) is 5.86. The minimum atomic E-state index is -0.795. The fourth-order valence-corrected chi connectivity index (χ4v) is 3.42. The van der Waals surface area contributed by atoms with Crippen LogP contribution < -0.4 is 4.74 Å². The molecular weight excluding hydrogens is 336 g/mol. The second kappa shape index (κ2) is 8.30. The molecule has 1 heterocycles. The normalized spacial score (nSPS) is 15.1. The summed E-state index contributed by atoms with van der Waals surface area (Å²) in [6.45, 7) is 1.23. The SMILES string of the molecule is COc1ccc(CCC2CCN(C(=O)c3ccc(F)cc3F)CC2)cc1. The monoisotopic (exact) mass is 359 g/mol. The van der Waals surface area contributed by atoms with Crippen LogP contribution in [0.3, 0.4) is 0 Å². The molecule has 1 saturated heterocycles. The van der Waals surface area contributed by atoms with Crippen molar-refractivity contribution in [3.63, 3.8) is 0 Å². The molecule has 0 atom stereocenters. The maximum Gasteiger partial charge on any atom is 0.256 e. The van der Waals surface area contributed by atoms with Crippen LogP contribution >= 0.6 is 0 Å². The Morgan fingerprint density at radius 2 is 1.81 bits per heavy atom. The van der Waals surface area contributed by atoms with Gasteiger partial charge in [-0.05, 0) is 61.4 Å². The van der Waals surface area contributed by atoms with Crippen molar-refractivity contribution in [2.45, 2.75) is 25.7 Å². The Morgan fingerprint density at radius 1 is 1.12 bits per heavy atom. The highest BCUT2D eigenvalue weighted by molar-refractivity contribution is 5.94. The van der Waals surface area contributed by atoms with E-state index in [9.17, 15) is 13.6 Å². The van der Waals surface area contributed by atoms with Gasteiger partial charge in [0.25, 0.3) is 5.91 Å². The highest BCUT2D eigenvalue weighted by Crippen LogP contribution is 2.24. The summed E-state index contributed by atoms with van der Waals surface area (Å²) in [7, 11) is 1.65. The largest absolute Gasteiger partial charge is 0.497 e. The first-order valence-corrected chi connectivity index (χ1v) is 8.94. The van der Waals surface area contributed by atoms with Crippen molar-refractivity contribution >= 4 is 5.91 Å². The van der Waals surface area contributed by atoms with E-state index in [0.29, 0.717) is 19.0 Å². The van der Waals surface area contributed by atoms with E-state index < -0.39 is 11.6 Å². The fourth-order valence-electron chi connectivity index (χ4n) is 3.42. The van der Waals surface area contributed by atoms with Gasteiger partial charge < -0.3 is 9.64 Å². The van der Waals surface area contributed by atoms with Gasteiger partial charge in [-0.3, -0.25) is 4.79 Å². The quantitative estimate of drug-likeness (QED) is 0.789. The number of halogens is 2. The van der Waals surface area contributed by atoms with Crippen molar-refractivity contribution in [3.05, 3.63) is 65.2 Å². The minimum absolute atomic E-state index is 0.0527. The Balaban J connectivity index is 1.49. The van der Waals surface area contributed by atoms with Crippen molar-refractivity contribution in [2.24, 2.45) is 5.92 Å². The maximum absolute atomic E-state index is 13.8. The van der Waals surface area contributed by atoms with Crippen LogP contribution in [0.1, 0.15) is 35.2 Å². The minimum Gasteiger partial charge on any atom is -0.497 e. The van der Waals surface area contributed by atoms with E-state index >= 15 is 0 Å². The summed E-state index contributed by atoms with van der Waals surface area (Å²) >= 11 is 0. The third-order valence-corrected chi connectivity index (χ3v) is 5.06. The molecule has 0 aromatic heterocycles. The average Bonchev–Trinajstić information content (AvgIpc) is 2.67. The number of methoxy groups -OCH3 is 1. The standard InChI is InChI=1S/C21H23F2NO2/c1-26-18-7-4-15(5-8-18)2-3-16-10-12-24(13-11-16)21(25)19-9-6-17(22)14-20(19)23/h4-9,14,16H,2-3,10-13H2,1H3. The molecule has 3 rings (SSSR count). The smallest absolute Gasteiger partial charge is 0.256 e. The Hall–Kier alpha value is -2.43. The number of nitrogens with zero attached hydrogens (tertiary/aromatic N) is 1. The number of ether oxygens (including phenoxy) is 1. The number of rotatable bonds is 5. The first-order chi connectivity index (χ1) is 12.6. The van der Waals surface area contributed by atoms with Crippen LogP contribution in [-0.4, -0.2) is 31.0 Å². The lowest BCUT2D eigenvalue weighted by molar-refractivity contribution is 0.0682. The molecule has 138 valence electrons. The molecule has 2 aromatic carbocycles. The van der Waals surface area contributed by atoms with Gasteiger partial charge in [0.2, 0.25) is 0 Å². The summed E-state index contributed by atoms with van der Waals surface area (Å²) in [5.74, 6) is -0.406. The number of carbonyl (C=O) groups is 1. The van der Waals surface area contributed by atoms with Gasteiger partial charge in [0.05, 0.1) is 12.7 Å². The molecule has 3 nitrogen and oxygen atoms in total. The number of likely N-dealkylation sites (tertiary alicyclic amines) is 1. The Morgan fingerprint density at radius 3 is 2.42 bits per heavy atom. The highest BCUT2D eigenvalue weighted by Gasteiger charge is 2.25. The van der Waals surface area contributed by atoms with E-state index in [-0.39, 0.29) is 11.5 Å². The number of aryl methyl sites for hydroxylation is 1. The zero-order chi connectivity index (χ0) is 18.5. The van der Waals surface area contributed by atoms with Gasteiger partial charge in [0.15, 0.2) is 0 Å². The summed E-state index contributed by atoms with van der Waals surface area (Å²) < 4.78 is 32.0. The summed E-state index contributed by atoms with van der Waals surface area (Å²) in [6, 6.07) is 11.2. The summed E-state index contributed by atoms with van der Waals surface area (Å²) in [5.41, 5.74) is 1.22. The first kappa shape index (κ1) is 18.4. The predicted octanol–water partition coefficient (Wildman–Crippen LogP) is 4.46. The lowest BCUT2D eigenvalue weighted by Crippen LogP contribution is -2.39. The van der Waals surface area contributed by atoms with Crippen molar-refractivity contribution in [2.75, 3.05) is 20.2 Å². The van der Waals surface area contributed by atoms with Gasteiger partial charge in [-0.2, -0.15) is 0 Å². The Bertz CT molecular complexity index is 753. The molecule has 1 fully saturated rings. The number of hydrogen-bond donors (Lipinski definition) is 0. The third kappa shape index (κ3) is 4.40. The van der Waals surface area contributed by atoms with Gasteiger partial charge >= 0.3 is 0 Å². The number of piperidine rings is 1. The summed E-state index contributed by atoms with van der Waals surface area (Å²) in [4.78, 5) is 14.1. The molecule has 0 spiro atoms. The molecule has 0 saturated carbocycles. The zero-order valence-corrected chi connectivity index (χ0v) is 14.9. The van der Waals surface area contributed by atoms with Crippen LogP contribution in [0, 0.1) is 17.6 Å². The molecule has 1 aliphatic rings. The third-order valence-electron chi connectivity index (χ3n) is 5.06. The van der Waals surface area contributed by atoms with Gasteiger partial charge in [0.1, 0.15) is 17.4 Å².